The SMILES string of the molecule is O=C(NC1c2ccccc2C[C@H]1O)[C@H](OCc1cccc(F)c1)[C@H](O)[C@@H](O)[C@@H](OCc1cccc(F)c1)C(=O)N[C@H]1c2ccccc2C[C@H]1O. The predicted molar refractivity (Wildman–Crippen MR) is 176 cm³/mol. The van der Waals surface area contributed by atoms with Crippen LogP contribution in [0.25, 0.3) is 0 Å². The minimum atomic E-state index is -2.11. The Balaban J connectivity index is 1.27. The summed E-state index contributed by atoms with van der Waals surface area (Å²) in [4.78, 5) is 27.7. The minimum absolute atomic E-state index is 0.271. The molecule has 4 aromatic rings. The molecule has 0 heterocycles. The molecule has 0 spiro atoms. The molecule has 0 fully saturated rings. The molecule has 2 amide bonds. The van der Waals surface area contributed by atoms with E-state index in [9.17, 15) is 38.8 Å². The Hall–Kier alpha value is -4.56. The Labute approximate surface area is 287 Å². The van der Waals surface area contributed by atoms with Gasteiger partial charge >= 0.3 is 0 Å². The molecule has 2 aliphatic rings. The lowest BCUT2D eigenvalue weighted by atomic mass is 9.99. The van der Waals surface area contributed by atoms with Crippen molar-refractivity contribution in [2.75, 3.05) is 0 Å². The second-order valence-electron chi connectivity index (χ2n) is 12.6. The lowest BCUT2D eigenvalue weighted by Gasteiger charge is -2.32. The van der Waals surface area contributed by atoms with Crippen molar-refractivity contribution in [2.24, 2.45) is 0 Å². The van der Waals surface area contributed by atoms with E-state index in [0.717, 1.165) is 11.1 Å². The summed E-state index contributed by atoms with van der Waals surface area (Å²) in [6.07, 6.45) is -9.35. The van der Waals surface area contributed by atoms with Crippen LogP contribution in [0.1, 0.15) is 45.5 Å². The molecule has 6 N–H and O–H groups in total. The molecule has 0 saturated carbocycles. The Morgan fingerprint density at radius 2 is 1.04 bits per heavy atom. The van der Waals surface area contributed by atoms with E-state index in [1.165, 1.54) is 36.4 Å². The molecule has 262 valence electrons. The number of hydrogen-bond donors (Lipinski definition) is 6. The van der Waals surface area contributed by atoms with Gasteiger partial charge in [0.25, 0.3) is 11.8 Å². The van der Waals surface area contributed by atoms with Crippen LogP contribution in [0, 0.1) is 11.6 Å². The standard InChI is InChI=1S/C38H38F2N2O8/c39-25-11-5-7-21(15-25)19-49-35(37(47)41-31-27-13-3-1-9-23(27)17-29(31)43)33(45)34(46)36(50-20-22-8-6-12-26(40)16-22)38(48)42-32-28-14-4-2-10-24(28)18-30(32)44/h1-16,29-36,43-46H,17-20H2,(H,41,47)(H,42,48)/t29-,30-,31+,32?,33-,34-,35-,36-/m1/s1. The largest absolute Gasteiger partial charge is 0.390 e. The van der Waals surface area contributed by atoms with Crippen LogP contribution in [-0.2, 0) is 45.1 Å². The third-order valence-corrected chi connectivity index (χ3v) is 9.13. The molecular formula is C38H38F2N2O8. The van der Waals surface area contributed by atoms with Gasteiger partial charge < -0.3 is 40.5 Å². The molecule has 0 aromatic heterocycles. The fourth-order valence-corrected chi connectivity index (χ4v) is 6.61. The van der Waals surface area contributed by atoms with Gasteiger partial charge in [0.15, 0.2) is 12.2 Å². The molecule has 0 bridgehead atoms. The van der Waals surface area contributed by atoms with Crippen molar-refractivity contribution in [3.63, 3.8) is 0 Å². The highest BCUT2D eigenvalue weighted by atomic mass is 19.1. The molecule has 2 aliphatic carbocycles. The van der Waals surface area contributed by atoms with E-state index in [1.54, 1.807) is 48.5 Å². The molecule has 6 rings (SSSR count). The van der Waals surface area contributed by atoms with Crippen molar-refractivity contribution in [2.45, 2.75) is 74.8 Å². The van der Waals surface area contributed by atoms with E-state index in [2.05, 4.69) is 10.6 Å². The first-order chi connectivity index (χ1) is 24.1. The van der Waals surface area contributed by atoms with E-state index in [-0.39, 0.29) is 26.1 Å². The van der Waals surface area contributed by atoms with Crippen molar-refractivity contribution in [1.29, 1.82) is 0 Å². The summed E-state index contributed by atoms with van der Waals surface area (Å²) in [5.74, 6) is -2.95. The fourth-order valence-electron chi connectivity index (χ4n) is 6.61. The highest BCUT2D eigenvalue weighted by Gasteiger charge is 2.44. The first-order valence-corrected chi connectivity index (χ1v) is 16.3. The van der Waals surface area contributed by atoms with Gasteiger partial charge in [-0.2, -0.15) is 0 Å². The number of fused-ring (bicyclic) bond motifs is 2. The zero-order valence-corrected chi connectivity index (χ0v) is 26.9. The molecule has 1 unspecified atom stereocenters. The summed E-state index contributed by atoms with van der Waals surface area (Å²) in [5.41, 5.74) is 3.61. The Bertz CT molecular complexity index is 1690. The molecule has 4 aromatic carbocycles. The van der Waals surface area contributed by atoms with Crippen LogP contribution < -0.4 is 10.6 Å². The van der Waals surface area contributed by atoms with Gasteiger partial charge in [0.05, 0.1) is 37.5 Å². The molecule has 8 atom stereocenters. The molecule has 0 aliphatic heterocycles. The molecular weight excluding hydrogens is 650 g/mol. The number of aliphatic hydroxyl groups excluding tert-OH is 4. The normalized spacial score (nSPS) is 21.8. The first kappa shape index (κ1) is 35.3. The summed E-state index contributed by atoms with van der Waals surface area (Å²) in [6, 6.07) is 23.3. The number of carbonyl (C=O) groups excluding carboxylic acids is 2. The molecule has 0 radical (unpaired) electrons. The van der Waals surface area contributed by atoms with E-state index in [4.69, 9.17) is 9.47 Å². The van der Waals surface area contributed by atoms with Crippen molar-refractivity contribution >= 4 is 11.8 Å². The van der Waals surface area contributed by atoms with Crippen molar-refractivity contribution < 1.29 is 48.3 Å². The average Bonchev–Trinajstić information content (AvgIpc) is 3.59. The van der Waals surface area contributed by atoms with Crippen LogP contribution in [-0.4, -0.2) is 68.9 Å². The van der Waals surface area contributed by atoms with Crippen LogP contribution in [0.5, 0.6) is 0 Å². The number of aliphatic hydroxyl groups is 4. The monoisotopic (exact) mass is 688 g/mol. The Kier molecular flexibility index (Phi) is 11.0. The highest BCUT2D eigenvalue weighted by Crippen LogP contribution is 2.33. The zero-order valence-electron chi connectivity index (χ0n) is 26.9. The lowest BCUT2D eigenvalue weighted by molar-refractivity contribution is -0.171. The third kappa shape index (κ3) is 7.91. The van der Waals surface area contributed by atoms with Crippen LogP contribution in [0.15, 0.2) is 97.1 Å². The maximum absolute atomic E-state index is 14.0. The van der Waals surface area contributed by atoms with Gasteiger partial charge in [0.1, 0.15) is 23.8 Å². The topological polar surface area (TPSA) is 158 Å². The van der Waals surface area contributed by atoms with Crippen molar-refractivity contribution in [3.05, 3.63) is 142 Å². The predicted octanol–water partition coefficient (Wildman–Crippen LogP) is 2.71. The van der Waals surface area contributed by atoms with Crippen LogP contribution in [0.4, 0.5) is 8.78 Å². The summed E-state index contributed by atoms with van der Waals surface area (Å²) in [6.45, 7) is -0.731. The highest BCUT2D eigenvalue weighted by molar-refractivity contribution is 5.84. The smallest absolute Gasteiger partial charge is 0.252 e. The van der Waals surface area contributed by atoms with Crippen LogP contribution >= 0.6 is 0 Å². The molecule has 0 saturated heterocycles. The van der Waals surface area contributed by atoms with Crippen molar-refractivity contribution in [3.8, 4) is 0 Å². The fraction of sp³-hybridized carbons (Fsp3) is 0.316. The number of rotatable bonds is 13. The summed E-state index contributed by atoms with van der Waals surface area (Å²) in [7, 11) is 0. The van der Waals surface area contributed by atoms with Gasteiger partial charge in [0.2, 0.25) is 0 Å². The zero-order chi connectivity index (χ0) is 35.4. The van der Waals surface area contributed by atoms with Gasteiger partial charge in [-0.05, 0) is 57.6 Å². The summed E-state index contributed by atoms with van der Waals surface area (Å²) >= 11 is 0. The number of halogens is 2. The van der Waals surface area contributed by atoms with E-state index in [1.807, 2.05) is 12.1 Å². The first-order valence-electron chi connectivity index (χ1n) is 16.3. The number of ether oxygens (including phenoxy) is 2. The lowest BCUT2D eigenvalue weighted by Crippen LogP contribution is -2.57. The number of carbonyl (C=O) groups is 2. The van der Waals surface area contributed by atoms with Gasteiger partial charge in [-0.25, -0.2) is 8.78 Å². The van der Waals surface area contributed by atoms with Gasteiger partial charge in [0, 0.05) is 12.8 Å². The second kappa shape index (κ2) is 15.5. The van der Waals surface area contributed by atoms with E-state index in [0.29, 0.717) is 22.3 Å². The van der Waals surface area contributed by atoms with Crippen molar-refractivity contribution in [1.82, 2.24) is 10.6 Å². The second-order valence-corrected chi connectivity index (χ2v) is 12.6. The quantitative estimate of drug-likeness (QED) is 0.125. The van der Waals surface area contributed by atoms with Gasteiger partial charge in [-0.15, -0.1) is 0 Å². The summed E-state index contributed by atoms with van der Waals surface area (Å²) in [5, 5.41) is 50.2. The summed E-state index contributed by atoms with van der Waals surface area (Å²) < 4.78 is 39.6. The van der Waals surface area contributed by atoms with Crippen LogP contribution in [0.2, 0.25) is 0 Å². The van der Waals surface area contributed by atoms with Gasteiger partial charge in [-0.1, -0.05) is 72.8 Å². The molecule has 10 nitrogen and oxygen atoms in total. The number of amides is 2. The number of hydrogen-bond acceptors (Lipinski definition) is 8. The Morgan fingerprint density at radius 3 is 1.44 bits per heavy atom. The number of benzene rings is 4. The van der Waals surface area contributed by atoms with Crippen LogP contribution in [0.3, 0.4) is 0 Å². The Morgan fingerprint density at radius 1 is 0.640 bits per heavy atom. The van der Waals surface area contributed by atoms with E-state index < -0.39 is 72.2 Å². The van der Waals surface area contributed by atoms with Gasteiger partial charge in [-0.3, -0.25) is 9.59 Å². The maximum Gasteiger partial charge on any atom is 0.252 e. The number of nitrogens with one attached hydrogen (secondary N) is 2. The molecule has 12 heteroatoms. The minimum Gasteiger partial charge on any atom is -0.390 e. The molecule has 50 heavy (non-hydrogen) atoms. The maximum atomic E-state index is 14.0. The average molecular weight is 689 g/mol. The third-order valence-electron chi connectivity index (χ3n) is 9.13. The van der Waals surface area contributed by atoms with E-state index >= 15 is 0 Å².